The Morgan fingerprint density at radius 3 is 2.78 bits per heavy atom. The highest BCUT2D eigenvalue weighted by molar-refractivity contribution is 9.10. The summed E-state index contributed by atoms with van der Waals surface area (Å²) in [6.45, 7) is 8.78. The lowest BCUT2D eigenvalue weighted by molar-refractivity contribution is -0.141. The molecular formula is C13H18BrNO3. The Balaban J connectivity index is 1.95. The summed E-state index contributed by atoms with van der Waals surface area (Å²) >= 11 is 3.48. The van der Waals surface area contributed by atoms with Gasteiger partial charge in [-0.05, 0) is 49.2 Å². The summed E-state index contributed by atoms with van der Waals surface area (Å²) in [7, 11) is 0. The number of hydrogen-bond acceptors (Lipinski definition) is 4. The van der Waals surface area contributed by atoms with Crippen molar-refractivity contribution in [1.29, 1.82) is 0 Å². The molecule has 5 heteroatoms. The standard InChI is InChI=1S/C13H18BrNO3/c1-8-5-11(15-9(2)12(8)14)16-6-10-7-17-13(3,4)18-10/h5,10H,6-7H2,1-4H3. The second-order valence-electron chi connectivity index (χ2n) is 4.94. The molecule has 2 rings (SSSR count). The molecule has 0 aliphatic carbocycles. The van der Waals surface area contributed by atoms with Crippen LogP contribution in [0.5, 0.6) is 5.88 Å². The Kier molecular flexibility index (Phi) is 3.94. The van der Waals surface area contributed by atoms with Gasteiger partial charge in [-0.3, -0.25) is 0 Å². The molecule has 0 N–H and O–H groups in total. The largest absolute Gasteiger partial charge is 0.475 e. The number of halogens is 1. The fraction of sp³-hybridized carbons (Fsp3) is 0.615. The van der Waals surface area contributed by atoms with E-state index in [4.69, 9.17) is 14.2 Å². The van der Waals surface area contributed by atoms with Gasteiger partial charge in [0.1, 0.15) is 12.7 Å². The van der Waals surface area contributed by atoms with E-state index in [2.05, 4.69) is 20.9 Å². The zero-order valence-electron chi connectivity index (χ0n) is 11.1. The molecule has 1 unspecified atom stereocenters. The fourth-order valence-electron chi connectivity index (χ4n) is 1.88. The van der Waals surface area contributed by atoms with Gasteiger partial charge in [-0.25, -0.2) is 4.98 Å². The van der Waals surface area contributed by atoms with Crippen molar-refractivity contribution < 1.29 is 14.2 Å². The molecule has 0 aromatic carbocycles. The molecule has 1 aliphatic heterocycles. The van der Waals surface area contributed by atoms with Gasteiger partial charge in [-0.15, -0.1) is 0 Å². The minimum absolute atomic E-state index is 0.0361. The van der Waals surface area contributed by atoms with E-state index in [0.717, 1.165) is 15.7 Å². The second-order valence-corrected chi connectivity index (χ2v) is 5.73. The van der Waals surface area contributed by atoms with Crippen LogP contribution >= 0.6 is 15.9 Å². The van der Waals surface area contributed by atoms with Crippen LogP contribution in [0, 0.1) is 13.8 Å². The van der Waals surface area contributed by atoms with Crippen LogP contribution in [0.25, 0.3) is 0 Å². The van der Waals surface area contributed by atoms with Crippen LogP contribution in [0.15, 0.2) is 10.5 Å². The monoisotopic (exact) mass is 315 g/mol. The van der Waals surface area contributed by atoms with Crippen molar-refractivity contribution in [2.24, 2.45) is 0 Å². The maximum atomic E-state index is 5.67. The van der Waals surface area contributed by atoms with E-state index in [1.54, 1.807) is 0 Å². The Labute approximate surface area is 116 Å². The Morgan fingerprint density at radius 1 is 1.50 bits per heavy atom. The highest BCUT2D eigenvalue weighted by Gasteiger charge is 2.33. The third-order valence-corrected chi connectivity index (χ3v) is 3.97. The molecule has 0 bridgehead atoms. The third-order valence-electron chi connectivity index (χ3n) is 2.77. The number of rotatable bonds is 3. The lowest BCUT2D eigenvalue weighted by Gasteiger charge is -2.17. The van der Waals surface area contributed by atoms with Crippen molar-refractivity contribution in [2.75, 3.05) is 13.2 Å². The maximum absolute atomic E-state index is 5.67. The third kappa shape index (κ3) is 3.22. The van der Waals surface area contributed by atoms with Gasteiger partial charge in [0.05, 0.1) is 12.3 Å². The van der Waals surface area contributed by atoms with Gasteiger partial charge in [0.2, 0.25) is 5.88 Å². The molecule has 1 fully saturated rings. The molecular weight excluding hydrogens is 298 g/mol. The molecule has 1 aromatic heterocycles. The zero-order chi connectivity index (χ0) is 13.3. The first-order chi connectivity index (χ1) is 8.37. The number of hydrogen-bond donors (Lipinski definition) is 0. The molecule has 18 heavy (non-hydrogen) atoms. The van der Waals surface area contributed by atoms with Crippen LogP contribution in [0.4, 0.5) is 0 Å². The molecule has 0 saturated carbocycles. The van der Waals surface area contributed by atoms with Crippen LogP contribution < -0.4 is 4.74 Å². The molecule has 1 aliphatic rings. The van der Waals surface area contributed by atoms with Crippen molar-refractivity contribution in [2.45, 2.75) is 39.6 Å². The van der Waals surface area contributed by atoms with E-state index in [1.807, 2.05) is 33.8 Å². The number of aromatic nitrogens is 1. The lowest BCUT2D eigenvalue weighted by atomic mass is 10.2. The van der Waals surface area contributed by atoms with Crippen molar-refractivity contribution >= 4 is 15.9 Å². The average Bonchev–Trinajstić information content (AvgIpc) is 2.63. The smallest absolute Gasteiger partial charge is 0.213 e. The van der Waals surface area contributed by atoms with Crippen LogP contribution in [0.2, 0.25) is 0 Å². The number of ether oxygens (including phenoxy) is 3. The first kappa shape index (κ1) is 13.8. The molecule has 0 amide bonds. The highest BCUT2D eigenvalue weighted by atomic mass is 79.9. The summed E-state index contributed by atoms with van der Waals surface area (Å²) in [4.78, 5) is 4.37. The molecule has 1 saturated heterocycles. The van der Waals surface area contributed by atoms with Crippen LogP contribution in [0.1, 0.15) is 25.1 Å². The Morgan fingerprint density at radius 2 is 2.22 bits per heavy atom. The minimum atomic E-state index is -0.507. The molecule has 4 nitrogen and oxygen atoms in total. The normalized spacial score (nSPS) is 22.2. The molecule has 100 valence electrons. The van der Waals surface area contributed by atoms with Crippen LogP contribution in [-0.2, 0) is 9.47 Å². The minimum Gasteiger partial charge on any atom is -0.475 e. The van der Waals surface area contributed by atoms with E-state index >= 15 is 0 Å². The summed E-state index contributed by atoms with van der Waals surface area (Å²) < 4.78 is 17.8. The molecule has 1 aromatic rings. The van der Waals surface area contributed by atoms with Gasteiger partial charge in [0.15, 0.2) is 5.79 Å². The number of aryl methyl sites for hydroxylation is 2. The van der Waals surface area contributed by atoms with Crippen molar-refractivity contribution in [3.63, 3.8) is 0 Å². The maximum Gasteiger partial charge on any atom is 0.213 e. The summed E-state index contributed by atoms with van der Waals surface area (Å²) in [5.74, 6) is 0.119. The van der Waals surface area contributed by atoms with Gasteiger partial charge >= 0.3 is 0 Å². The quantitative estimate of drug-likeness (QED) is 0.859. The van der Waals surface area contributed by atoms with Crippen molar-refractivity contribution in [3.8, 4) is 5.88 Å². The number of nitrogens with zero attached hydrogens (tertiary/aromatic N) is 1. The first-order valence-corrected chi connectivity index (χ1v) is 6.75. The summed E-state index contributed by atoms with van der Waals surface area (Å²) in [5, 5.41) is 0. The summed E-state index contributed by atoms with van der Waals surface area (Å²) in [6.07, 6.45) is -0.0361. The summed E-state index contributed by atoms with van der Waals surface area (Å²) in [6, 6.07) is 1.91. The number of pyridine rings is 1. The molecule has 0 spiro atoms. The van der Waals surface area contributed by atoms with Gasteiger partial charge < -0.3 is 14.2 Å². The van der Waals surface area contributed by atoms with E-state index < -0.39 is 5.79 Å². The lowest BCUT2D eigenvalue weighted by Crippen LogP contribution is -2.25. The van der Waals surface area contributed by atoms with Gasteiger partial charge in [0, 0.05) is 10.5 Å². The Hall–Kier alpha value is -0.650. The zero-order valence-corrected chi connectivity index (χ0v) is 12.7. The van der Waals surface area contributed by atoms with Crippen molar-refractivity contribution in [1.82, 2.24) is 4.98 Å². The average molecular weight is 316 g/mol. The molecule has 2 heterocycles. The topological polar surface area (TPSA) is 40.6 Å². The summed E-state index contributed by atoms with van der Waals surface area (Å²) in [5.41, 5.74) is 2.04. The SMILES string of the molecule is Cc1cc(OCC2COC(C)(C)O2)nc(C)c1Br. The van der Waals surface area contributed by atoms with Gasteiger partial charge in [-0.2, -0.15) is 0 Å². The van der Waals surface area contributed by atoms with Crippen LogP contribution in [-0.4, -0.2) is 30.1 Å². The van der Waals surface area contributed by atoms with Crippen LogP contribution in [0.3, 0.4) is 0 Å². The highest BCUT2D eigenvalue weighted by Crippen LogP contribution is 2.25. The van der Waals surface area contributed by atoms with E-state index in [1.165, 1.54) is 0 Å². The van der Waals surface area contributed by atoms with Crippen molar-refractivity contribution in [3.05, 3.63) is 21.8 Å². The van der Waals surface area contributed by atoms with Gasteiger partial charge in [0.25, 0.3) is 0 Å². The molecule has 1 atom stereocenters. The van der Waals surface area contributed by atoms with E-state index in [9.17, 15) is 0 Å². The molecule has 0 radical (unpaired) electrons. The Bertz CT molecular complexity index is 425. The van der Waals surface area contributed by atoms with Gasteiger partial charge in [-0.1, -0.05) is 0 Å². The van der Waals surface area contributed by atoms with E-state index in [0.29, 0.717) is 19.1 Å². The predicted octanol–water partition coefficient (Wildman–Crippen LogP) is 2.99. The fourth-order valence-corrected chi connectivity index (χ4v) is 2.08. The second kappa shape index (κ2) is 5.15. The van der Waals surface area contributed by atoms with E-state index in [-0.39, 0.29) is 6.10 Å². The first-order valence-electron chi connectivity index (χ1n) is 5.96. The predicted molar refractivity (Wildman–Crippen MR) is 71.8 cm³/mol.